The van der Waals surface area contributed by atoms with Crippen molar-refractivity contribution in [3.63, 3.8) is 0 Å². The monoisotopic (exact) mass is 226 g/mol. The van der Waals surface area contributed by atoms with E-state index in [0.717, 1.165) is 6.42 Å². The van der Waals surface area contributed by atoms with E-state index < -0.39 is 0 Å². The van der Waals surface area contributed by atoms with Crippen LogP contribution in [0.4, 0.5) is 0 Å². The van der Waals surface area contributed by atoms with Crippen molar-refractivity contribution in [3.05, 3.63) is 0 Å². The second kappa shape index (κ2) is 4.72. The third-order valence-electron chi connectivity index (χ3n) is 3.95. The molecule has 1 saturated carbocycles. The van der Waals surface area contributed by atoms with Crippen molar-refractivity contribution in [1.82, 2.24) is 4.90 Å². The van der Waals surface area contributed by atoms with Gasteiger partial charge in [0.15, 0.2) is 0 Å². The molecular weight excluding hydrogens is 204 g/mol. The van der Waals surface area contributed by atoms with Crippen molar-refractivity contribution in [2.45, 2.75) is 38.3 Å². The Morgan fingerprint density at radius 3 is 2.62 bits per heavy atom. The molecule has 1 heterocycles. The molecule has 0 spiro atoms. The van der Waals surface area contributed by atoms with Crippen LogP contribution in [0.3, 0.4) is 0 Å². The van der Waals surface area contributed by atoms with Crippen molar-refractivity contribution >= 4 is 5.91 Å². The molecule has 4 heteroatoms. The van der Waals surface area contributed by atoms with Gasteiger partial charge in [-0.05, 0) is 32.1 Å². The number of amides is 1. The highest BCUT2D eigenvalue weighted by Gasteiger charge is 2.39. The first-order valence-electron chi connectivity index (χ1n) is 6.23. The van der Waals surface area contributed by atoms with Crippen LogP contribution in [0, 0.1) is 11.8 Å². The summed E-state index contributed by atoms with van der Waals surface area (Å²) >= 11 is 0. The van der Waals surface area contributed by atoms with Crippen LogP contribution in [-0.2, 0) is 9.53 Å². The Labute approximate surface area is 97.1 Å². The molecule has 0 radical (unpaired) electrons. The predicted molar refractivity (Wildman–Crippen MR) is 61.9 cm³/mol. The highest BCUT2D eigenvalue weighted by molar-refractivity contribution is 5.79. The average Bonchev–Trinajstić information content (AvgIpc) is 3.01. The van der Waals surface area contributed by atoms with Crippen LogP contribution in [-0.4, -0.2) is 43.2 Å². The molecule has 2 aliphatic rings. The van der Waals surface area contributed by atoms with Gasteiger partial charge in [-0.2, -0.15) is 0 Å². The first-order chi connectivity index (χ1) is 7.65. The fourth-order valence-electron chi connectivity index (χ4n) is 2.63. The summed E-state index contributed by atoms with van der Waals surface area (Å²) in [5.41, 5.74) is 5.76. The van der Waals surface area contributed by atoms with E-state index in [4.69, 9.17) is 10.5 Å². The summed E-state index contributed by atoms with van der Waals surface area (Å²) in [4.78, 5) is 14.1. The average molecular weight is 226 g/mol. The number of carbonyl (C=O) groups excluding carboxylic acids is 1. The Balaban J connectivity index is 1.96. The zero-order chi connectivity index (χ0) is 11.7. The summed E-state index contributed by atoms with van der Waals surface area (Å²) in [5.74, 6) is 0.890. The maximum absolute atomic E-state index is 12.3. The first kappa shape index (κ1) is 11.9. The molecule has 3 unspecified atom stereocenters. The Kier molecular flexibility index (Phi) is 3.50. The molecule has 1 aliphatic heterocycles. The van der Waals surface area contributed by atoms with Gasteiger partial charge in [0.25, 0.3) is 0 Å². The molecule has 1 amide bonds. The van der Waals surface area contributed by atoms with Crippen LogP contribution < -0.4 is 5.73 Å². The van der Waals surface area contributed by atoms with Gasteiger partial charge < -0.3 is 15.4 Å². The Morgan fingerprint density at radius 2 is 2.19 bits per heavy atom. The van der Waals surface area contributed by atoms with Gasteiger partial charge in [-0.1, -0.05) is 0 Å². The summed E-state index contributed by atoms with van der Waals surface area (Å²) in [6.07, 6.45) is 3.35. The highest BCUT2D eigenvalue weighted by Crippen LogP contribution is 2.35. The standard InChI is InChI=1S/C12H22N2O2/c1-8-10(5-6-16-8)12(15)14(2)11(7-13)9-3-4-9/h8-11H,3-7,13H2,1-2H3. The molecule has 16 heavy (non-hydrogen) atoms. The third kappa shape index (κ3) is 2.23. The van der Waals surface area contributed by atoms with Gasteiger partial charge in [0, 0.05) is 26.2 Å². The summed E-state index contributed by atoms with van der Waals surface area (Å²) in [7, 11) is 1.89. The van der Waals surface area contributed by atoms with E-state index in [1.807, 2.05) is 18.9 Å². The molecule has 0 aromatic rings. The van der Waals surface area contributed by atoms with Crippen LogP contribution in [0.15, 0.2) is 0 Å². The number of likely N-dealkylation sites (N-methyl/N-ethyl adjacent to an activating group) is 1. The molecule has 0 aromatic heterocycles. The molecule has 92 valence electrons. The lowest BCUT2D eigenvalue weighted by molar-refractivity contribution is -0.138. The molecule has 0 aromatic carbocycles. The second-order valence-corrected chi connectivity index (χ2v) is 5.06. The minimum Gasteiger partial charge on any atom is -0.378 e. The van der Waals surface area contributed by atoms with Crippen LogP contribution in [0.1, 0.15) is 26.2 Å². The highest BCUT2D eigenvalue weighted by atomic mass is 16.5. The zero-order valence-electron chi connectivity index (χ0n) is 10.2. The van der Waals surface area contributed by atoms with E-state index in [1.165, 1.54) is 12.8 Å². The van der Waals surface area contributed by atoms with Gasteiger partial charge in [0.1, 0.15) is 0 Å². The fraction of sp³-hybridized carbons (Fsp3) is 0.917. The van der Waals surface area contributed by atoms with Crippen molar-refractivity contribution in [2.75, 3.05) is 20.2 Å². The Bertz CT molecular complexity index is 266. The molecule has 3 atom stereocenters. The largest absolute Gasteiger partial charge is 0.378 e. The Morgan fingerprint density at radius 1 is 1.50 bits per heavy atom. The maximum atomic E-state index is 12.3. The van der Waals surface area contributed by atoms with Gasteiger partial charge in [0.2, 0.25) is 5.91 Å². The van der Waals surface area contributed by atoms with E-state index in [1.54, 1.807) is 0 Å². The van der Waals surface area contributed by atoms with Gasteiger partial charge in [-0.25, -0.2) is 0 Å². The lowest BCUT2D eigenvalue weighted by atomic mass is 9.99. The van der Waals surface area contributed by atoms with Gasteiger partial charge in [0.05, 0.1) is 12.0 Å². The molecule has 0 bridgehead atoms. The molecule has 4 nitrogen and oxygen atoms in total. The van der Waals surface area contributed by atoms with Crippen LogP contribution in [0.25, 0.3) is 0 Å². The minimum atomic E-state index is 0.0396. The maximum Gasteiger partial charge on any atom is 0.228 e. The number of hydrogen-bond donors (Lipinski definition) is 1. The number of carbonyl (C=O) groups is 1. The van der Waals surface area contributed by atoms with Crippen LogP contribution in [0.5, 0.6) is 0 Å². The fourth-order valence-corrected chi connectivity index (χ4v) is 2.63. The lowest BCUT2D eigenvalue weighted by Crippen LogP contribution is -2.46. The quantitative estimate of drug-likeness (QED) is 0.764. The van der Waals surface area contributed by atoms with Gasteiger partial charge in [-0.15, -0.1) is 0 Å². The van der Waals surface area contributed by atoms with Gasteiger partial charge >= 0.3 is 0 Å². The molecule has 1 aliphatic carbocycles. The zero-order valence-corrected chi connectivity index (χ0v) is 10.2. The molecular formula is C12H22N2O2. The van der Waals surface area contributed by atoms with Crippen molar-refractivity contribution in [3.8, 4) is 0 Å². The third-order valence-corrected chi connectivity index (χ3v) is 3.95. The summed E-state index contributed by atoms with van der Waals surface area (Å²) in [6, 6.07) is 0.236. The molecule has 2 fully saturated rings. The van der Waals surface area contributed by atoms with E-state index in [2.05, 4.69) is 0 Å². The van der Waals surface area contributed by atoms with E-state index in [0.29, 0.717) is 19.1 Å². The van der Waals surface area contributed by atoms with E-state index >= 15 is 0 Å². The number of nitrogens with two attached hydrogens (primary N) is 1. The predicted octanol–water partition coefficient (Wildman–Crippen LogP) is 0.607. The van der Waals surface area contributed by atoms with Gasteiger partial charge in [-0.3, -0.25) is 4.79 Å². The van der Waals surface area contributed by atoms with E-state index in [9.17, 15) is 4.79 Å². The van der Waals surface area contributed by atoms with Crippen LogP contribution >= 0.6 is 0 Å². The smallest absolute Gasteiger partial charge is 0.228 e. The SMILES string of the molecule is CC1OCCC1C(=O)N(C)C(CN)C1CC1. The van der Waals surface area contributed by atoms with Crippen LogP contribution in [0.2, 0.25) is 0 Å². The minimum absolute atomic E-state index is 0.0396. The van der Waals surface area contributed by atoms with E-state index in [-0.39, 0.29) is 24.0 Å². The first-order valence-corrected chi connectivity index (χ1v) is 6.23. The molecule has 2 N–H and O–H groups in total. The number of rotatable bonds is 4. The van der Waals surface area contributed by atoms with Crippen molar-refractivity contribution < 1.29 is 9.53 Å². The summed E-state index contributed by atoms with van der Waals surface area (Å²) in [5, 5.41) is 0. The second-order valence-electron chi connectivity index (χ2n) is 5.06. The number of ether oxygens (including phenoxy) is 1. The summed E-state index contributed by atoms with van der Waals surface area (Å²) < 4.78 is 5.45. The summed E-state index contributed by atoms with van der Waals surface area (Å²) in [6.45, 7) is 3.27. The normalized spacial score (nSPS) is 31.4. The lowest BCUT2D eigenvalue weighted by Gasteiger charge is -2.30. The topological polar surface area (TPSA) is 55.6 Å². The number of hydrogen-bond acceptors (Lipinski definition) is 3. The molecule has 2 rings (SSSR count). The van der Waals surface area contributed by atoms with Crippen molar-refractivity contribution in [1.29, 1.82) is 0 Å². The number of nitrogens with zero attached hydrogens (tertiary/aromatic N) is 1. The Hall–Kier alpha value is -0.610. The molecule has 1 saturated heterocycles. The van der Waals surface area contributed by atoms with Crippen molar-refractivity contribution in [2.24, 2.45) is 17.6 Å².